The number of aryl methyl sites for hydroxylation is 2. The fraction of sp³-hybridized carbons (Fsp3) is 0.167. The molecule has 0 bridgehead atoms. The van der Waals surface area contributed by atoms with E-state index in [0.717, 1.165) is 4.88 Å². The van der Waals surface area contributed by atoms with Crippen molar-refractivity contribution in [2.75, 3.05) is 4.72 Å². The zero-order valence-electron chi connectivity index (χ0n) is 9.90. The van der Waals surface area contributed by atoms with Gasteiger partial charge in [0.15, 0.2) is 0 Å². The van der Waals surface area contributed by atoms with E-state index < -0.39 is 15.8 Å². The molecule has 2 rings (SSSR count). The van der Waals surface area contributed by atoms with Crippen molar-refractivity contribution < 1.29 is 12.8 Å². The molecule has 0 amide bonds. The Labute approximate surface area is 109 Å². The van der Waals surface area contributed by atoms with Gasteiger partial charge in [0, 0.05) is 4.88 Å². The molecule has 0 fully saturated rings. The maximum absolute atomic E-state index is 13.1. The zero-order valence-corrected chi connectivity index (χ0v) is 11.5. The Kier molecular flexibility index (Phi) is 3.41. The van der Waals surface area contributed by atoms with E-state index in [9.17, 15) is 12.8 Å². The number of sulfonamides is 1. The Balaban J connectivity index is 2.36. The molecule has 1 aromatic heterocycles. The monoisotopic (exact) mass is 285 g/mol. The van der Waals surface area contributed by atoms with Gasteiger partial charge in [-0.1, -0.05) is 6.07 Å². The second-order valence-electron chi connectivity index (χ2n) is 3.93. The van der Waals surface area contributed by atoms with Gasteiger partial charge in [-0.05, 0) is 43.7 Å². The molecule has 0 aliphatic rings. The van der Waals surface area contributed by atoms with Crippen LogP contribution in [0.4, 0.5) is 10.1 Å². The minimum atomic E-state index is -3.63. The Bertz CT molecular complexity index is 677. The van der Waals surface area contributed by atoms with Crippen molar-refractivity contribution in [2.24, 2.45) is 0 Å². The molecular formula is C12H12FNO2S2. The van der Waals surface area contributed by atoms with Crippen LogP contribution >= 0.6 is 11.3 Å². The summed E-state index contributed by atoms with van der Waals surface area (Å²) in [4.78, 5) is 0.909. The summed E-state index contributed by atoms with van der Waals surface area (Å²) >= 11 is 1.18. The van der Waals surface area contributed by atoms with Gasteiger partial charge in [-0.15, -0.1) is 11.3 Å². The SMILES string of the molecule is Cc1ccc(S(=O)(=O)Nc2cc(F)ccc2C)s1. The second-order valence-corrected chi connectivity index (χ2v) is 7.13. The minimum absolute atomic E-state index is 0.226. The third kappa shape index (κ3) is 2.70. The number of anilines is 1. The quantitative estimate of drug-likeness (QED) is 0.940. The molecule has 1 aromatic carbocycles. The van der Waals surface area contributed by atoms with E-state index in [2.05, 4.69) is 4.72 Å². The van der Waals surface area contributed by atoms with Gasteiger partial charge in [0.05, 0.1) is 5.69 Å². The Hall–Kier alpha value is -1.40. The number of nitrogens with one attached hydrogen (secondary N) is 1. The van der Waals surface area contributed by atoms with Crippen molar-refractivity contribution in [2.45, 2.75) is 18.1 Å². The van der Waals surface area contributed by atoms with Gasteiger partial charge in [-0.25, -0.2) is 12.8 Å². The van der Waals surface area contributed by atoms with Gasteiger partial charge in [0.25, 0.3) is 10.0 Å². The van der Waals surface area contributed by atoms with Crippen LogP contribution < -0.4 is 4.72 Å². The average molecular weight is 285 g/mol. The highest BCUT2D eigenvalue weighted by atomic mass is 32.2. The first kappa shape index (κ1) is 13.0. The summed E-state index contributed by atoms with van der Waals surface area (Å²) in [6, 6.07) is 7.28. The van der Waals surface area contributed by atoms with Crippen molar-refractivity contribution in [3.8, 4) is 0 Å². The van der Waals surface area contributed by atoms with Gasteiger partial charge < -0.3 is 0 Å². The third-order valence-electron chi connectivity index (χ3n) is 2.42. The molecule has 0 saturated heterocycles. The summed E-state index contributed by atoms with van der Waals surface area (Å²) in [6.07, 6.45) is 0. The fourth-order valence-corrected chi connectivity index (χ4v) is 3.86. The lowest BCUT2D eigenvalue weighted by Crippen LogP contribution is -2.12. The molecule has 0 atom stereocenters. The Morgan fingerprint density at radius 3 is 2.50 bits per heavy atom. The summed E-state index contributed by atoms with van der Waals surface area (Å²) in [7, 11) is -3.63. The molecular weight excluding hydrogens is 273 g/mol. The van der Waals surface area contributed by atoms with E-state index >= 15 is 0 Å². The maximum atomic E-state index is 13.1. The lowest BCUT2D eigenvalue weighted by atomic mass is 10.2. The Morgan fingerprint density at radius 2 is 1.89 bits per heavy atom. The van der Waals surface area contributed by atoms with Crippen LogP contribution in [-0.4, -0.2) is 8.42 Å². The van der Waals surface area contributed by atoms with Crippen LogP contribution in [0.2, 0.25) is 0 Å². The van der Waals surface area contributed by atoms with Crippen LogP contribution in [0.3, 0.4) is 0 Å². The molecule has 0 spiro atoms. The van der Waals surface area contributed by atoms with E-state index in [0.29, 0.717) is 5.56 Å². The van der Waals surface area contributed by atoms with Crippen LogP contribution in [0.1, 0.15) is 10.4 Å². The van der Waals surface area contributed by atoms with Crippen molar-refractivity contribution in [1.29, 1.82) is 0 Å². The number of thiophene rings is 1. The molecule has 3 nitrogen and oxygen atoms in total. The fourth-order valence-electron chi connectivity index (χ4n) is 1.46. The van der Waals surface area contributed by atoms with Crippen molar-refractivity contribution in [3.05, 3.63) is 46.6 Å². The van der Waals surface area contributed by atoms with Gasteiger partial charge in [-0.2, -0.15) is 0 Å². The highest BCUT2D eigenvalue weighted by Crippen LogP contribution is 2.25. The predicted octanol–water partition coefficient (Wildman–Crippen LogP) is 3.30. The second kappa shape index (κ2) is 4.70. The molecule has 0 aliphatic heterocycles. The van der Waals surface area contributed by atoms with Crippen LogP contribution in [0.25, 0.3) is 0 Å². The number of rotatable bonds is 3. The largest absolute Gasteiger partial charge is 0.279 e. The van der Waals surface area contributed by atoms with Gasteiger partial charge in [0.1, 0.15) is 10.0 Å². The van der Waals surface area contributed by atoms with Gasteiger partial charge >= 0.3 is 0 Å². The lowest BCUT2D eigenvalue weighted by Gasteiger charge is -2.09. The predicted molar refractivity (Wildman–Crippen MR) is 71.0 cm³/mol. The summed E-state index contributed by atoms with van der Waals surface area (Å²) < 4.78 is 39.8. The van der Waals surface area contributed by atoms with E-state index in [-0.39, 0.29) is 9.90 Å². The summed E-state index contributed by atoms with van der Waals surface area (Å²) in [5.41, 5.74) is 0.939. The van der Waals surface area contributed by atoms with Crippen molar-refractivity contribution >= 4 is 27.0 Å². The summed E-state index contributed by atoms with van der Waals surface area (Å²) in [5, 5.41) is 0. The number of hydrogen-bond donors (Lipinski definition) is 1. The standard InChI is InChI=1S/C12H12FNO2S2/c1-8-3-5-10(13)7-11(8)14-18(15,16)12-6-4-9(2)17-12/h3-7,14H,1-2H3. The number of benzene rings is 1. The average Bonchev–Trinajstić information content (AvgIpc) is 2.71. The molecule has 18 heavy (non-hydrogen) atoms. The molecule has 6 heteroatoms. The molecule has 1 N–H and O–H groups in total. The first-order valence-electron chi connectivity index (χ1n) is 5.24. The van der Waals surface area contributed by atoms with Crippen molar-refractivity contribution in [3.63, 3.8) is 0 Å². The van der Waals surface area contributed by atoms with Crippen LogP contribution in [0.15, 0.2) is 34.5 Å². The molecule has 0 aliphatic carbocycles. The summed E-state index contributed by atoms with van der Waals surface area (Å²) in [5.74, 6) is -0.472. The van der Waals surface area contributed by atoms with Crippen LogP contribution in [0.5, 0.6) is 0 Å². The normalized spacial score (nSPS) is 11.5. The highest BCUT2D eigenvalue weighted by molar-refractivity contribution is 7.94. The van der Waals surface area contributed by atoms with Gasteiger partial charge in [-0.3, -0.25) is 4.72 Å². The minimum Gasteiger partial charge on any atom is -0.279 e. The van der Waals surface area contributed by atoms with E-state index in [1.165, 1.54) is 35.6 Å². The van der Waals surface area contributed by atoms with Gasteiger partial charge in [0.2, 0.25) is 0 Å². The molecule has 0 radical (unpaired) electrons. The molecule has 0 unspecified atom stereocenters. The first-order chi connectivity index (χ1) is 8.38. The molecule has 0 saturated carbocycles. The lowest BCUT2D eigenvalue weighted by molar-refractivity contribution is 0.603. The van der Waals surface area contributed by atoms with E-state index in [1.54, 1.807) is 13.0 Å². The highest BCUT2D eigenvalue weighted by Gasteiger charge is 2.17. The van der Waals surface area contributed by atoms with E-state index in [4.69, 9.17) is 0 Å². The van der Waals surface area contributed by atoms with Crippen LogP contribution in [-0.2, 0) is 10.0 Å². The molecule has 1 heterocycles. The smallest absolute Gasteiger partial charge is 0.271 e. The maximum Gasteiger partial charge on any atom is 0.271 e. The molecule has 96 valence electrons. The Morgan fingerprint density at radius 1 is 1.17 bits per heavy atom. The topological polar surface area (TPSA) is 46.2 Å². The third-order valence-corrected chi connectivity index (χ3v) is 5.28. The van der Waals surface area contributed by atoms with Crippen LogP contribution in [0, 0.1) is 19.7 Å². The number of hydrogen-bond acceptors (Lipinski definition) is 3. The number of halogens is 1. The van der Waals surface area contributed by atoms with E-state index in [1.807, 2.05) is 6.92 Å². The summed E-state index contributed by atoms with van der Waals surface area (Å²) in [6.45, 7) is 3.55. The van der Waals surface area contributed by atoms with Crippen molar-refractivity contribution in [1.82, 2.24) is 0 Å². The molecule has 2 aromatic rings. The first-order valence-corrected chi connectivity index (χ1v) is 7.54. The zero-order chi connectivity index (χ0) is 13.3.